The first-order valence-corrected chi connectivity index (χ1v) is 6.84. The Balaban J connectivity index is 1.93. The Labute approximate surface area is 119 Å². The van der Waals surface area contributed by atoms with Crippen molar-refractivity contribution in [1.29, 1.82) is 0 Å². The van der Waals surface area contributed by atoms with E-state index in [0.717, 1.165) is 27.2 Å². The van der Waals surface area contributed by atoms with Gasteiger partial charge >= 0.3 is 0 Å². The topological polar surface area (TPSA) is 32.3 Å². The highest BCUT2D eigenvalue weighted by Crippen LogP contribution is 2.39. The molecule has 2 N–H and O–H groups in total. The quantitative estimate of drug-likeness (QED) is 0.808. The highest BCUT2D eigenvalue weighted by Gasteiger charge is 2.24. The first kappa shape index (κ1) is 11.9. The Bertz CT molecular complexity index is 615. The van der Waals surface area contributed by atoms with Gasteiger partial charge in [-0.25, -0.2) is 0 Å². The number of hydrogen-bond acceptors (Lipinski definition) is 2. The maximum absolute atomic E-state index is 9.99. The minimum atomic E-state index is 0.103. The van der Waals surface area contributed by atoms with E-state index in [2.05, 4.69) is 21.2 Å². The van der Waals surface area contributed by atoms with Crippen molar-refractivity contribution in [2.24, 2.45) is 0 Å². The van der Waals surface area contributed by atoms with E-state index in [1.54, 1.807) is 6.07 Å². The molecule has 1 aliphatic heterocycles. The molecule has 2 nitrogen and oxygen atoms in total. The molecule has 1 unspecified atom stereocenters. The SMILES string of the molecule is Oc1cc(Br)ccc1C1Cc2cc(Cl)ccc2N1. The van der Waals surface area contributed by atoms with Crippen molar-refractivity contribution in [2.45, 2.75) is 12.5 Å². The van der Waals surface area contributed by atoms with Crippen LogP contribution in [0.2, 0.25) is 5.02 Å². The Morgan fingerprint density at radius 1 is 1.22 bits per heavy atom. The van der Waals surface area contributed by atoms with Gasteiger partial charge in [-0.3, -0.25) is 0 Å². The number of hydrogen-bond donors (Lipinski definition) is 2. The van der Waals surface area contributed by atoms with E-state index < -0.39 is 0 Å². The summed E-state index contributed by atoms with van der Waals surface area (Å²) < 4.78 is 0.877. The molecule has 0 aliphatic carbocycles. The standard InChI is InChI=1S/C14H11BrClNO/c15-9-1-3-11(14(18)7-9)13-6-8-5-10(16)2-4-12(8)17-13/h1-5,7,13,17-18H,6H2. The molecule has 0 saturated carbocycles. The van der Waals surface area contributed by atoms with Crippen LogP contribution in [0.25, 0.3) is 0 Å². The van der Waals surface area contributed by atoms with Crippen molar-refractivity contribution < 1.29 is 5.11 Å². The molecule has 1 aliphatic rings. The summed E-state index contributed by atoms with van der Waals surface area (Å²) in [5, 5.41) is 14.1. The van der Waals surface area contributed by atoms with E-state index in [-0.39, 0.29) is 6.04 Å². The zero-order chi connectivity index (χ0) is 12.7. The van der Waals surface area contributed by atoms with Gasteiger partial charge in [-0.2, -0.15) is 0 Å². The Morgan fingerprint density at radius 2 is 2.06 bits per heavy atom. The van der Waals surface area contributed by atoms with Crippen LogP contribution in [-0.2, 0) is 6.42 Å². The Hall–Kier alpha value is -1.19. The minimum Gasteiger partial charge on any atom is -0.508 e. The molecular formula is C14H11BrClNO. The van der Waals surface area contributed by atoms with Crippen molar-refractivity contribution in [3.05, 3.63) is 57.0 Å². The molecule has 0 amide bonds. The molecular weight excluding hydrogens is 314 g/mol. The second kappa shape index (κ2) is 4.48. The number of nitrogens with one attached hydrogen (secondary N) is 1. The minimum absolute atomic E-state index is 0.103. The third-order valence-corrected chi connectivity index (χ3v) is 3.92. The summed E-state index contributed by atoms with van der Waals surface area (Å²) >= 11 is 9.33. The number of aromatic hydroxyl groups is 1. The number of phenols is 1. The van der Waals surface area contributed by atoms with Gasteiger partial charge < -0.3 is 10.4 Å². The number of phenolic OH excluding ortho intramolecular Hbond substituents is 1. The van der Waals surface area contributed by atoms with Gasteiger partial charge in [-0.1, -0.05) is 33.6 Å². The van der Waals surface area contributed by atoms with Gasteiger partial charge in [-0.05, 0) is 42.3 Å². The van der Waals surface area contributed by atoms with Gasteiger partial charge in [0.2, 0.25) is 0 Å². The van der Waals surface area contributed by atoms with Crippen molar-refractivity contribution in [2.75, 3.05) is 5.32 Å². The van der Waals surface area contributed by atoms with Crippen LogP contribution in [0.1, 0.15) is 17.2 Å². The lowest BCUT2D eigenvalue weighted by molar-refractivity contribution is 0.464. The van der Waals surface area contributed by atoms with Crippen LogP contribution in [0.4, 0.5) is 5.69 Å². The average molecular weight is 325 g/mol. The molecule has 0 bridgehead atoms. The van der Waals surface area contributed by atoms with Crippen LogP contribution in [0, 0.1) is 0 Å². The maximum atomic E-state index is 9.99. The maximum Gasteiger partial charge on any atom is 0.121 e. The van der Waals surface area contributed by atoms with Gasteiger partial charge in [0.05, 0.1) is 6.04 Å². The largest absolute Gasteiger partial charge is 0.508 e. The molecule has 2 aromatic rings. The summed E-state index contributed by atoms with van der Waals surface area (Å²) in [7, 11) is 0. The average Bonchev–Trinajstić information content (AvgIpc) is 2.71. The van der Waals surface area contributed by atoms with E-state index >= 15 is 0 Å². The molecule has 4 heteroatoms. The van der Waals surface area contributed by atoms with E-state index in [1.807, 2.05) is 30.3 Å². The van der Waals surface area contributed by atoms with Crippen LogP contribution in [0.5, 0.6) is 5.75 Å². The lowest BCUT2D eigenvalue weighted by Gasteiger charge is -2.13. The third-order valence-electron chi connectivity index (χ3n) is 3.19. The molecule has 2 aromatic carbocycles. The lowest BCUT2D eigenvalue weighted by atomic mass is 10.0. The number of halogens is 2. The van der Waals surface area contributed by atoms with Crippen molar-refractivity contribution in [3.8, 4) is 5.75 Å². The summed E-state index contributed by atoms with van der Waals surface area (Å²) in [6.45, 7) is 0. The first-order chi connectivity index (χ1) is 8.63. The summed E-state index contributed by atoms with van der Waals surface area (Å²) in [6, 6.07) is 11.5. The first-order valence-electron chi connectivity index (χ1n) is 5.67. The zero-order valence-electron chi connectivity index (χ0n) is 9.45. The Kier molecular flexibility index (Phi) is 2.96. The molecule has 1 heterocycles. The number of rotatable bonds is 1. The number of anilines is 1. The molecule has 0 radical (unpaired) electrons. The zero-order valence-corrected chi connectivity index (χ0v) is 11.8. The molecule has 0 fully saturated rings. The Morgan fingerprint density at radius 3 is 2.83 bits per heavy atom. The van der Waals surface area contributed by atoms with Gasteiger partial charge in [0.1, 0.15) is 5.75 Å². The van der Waals surface area contributed by atoms with E-state index in [0.29, 0.717) is 5.75 Å². The van der Waals surface area contributed by atoms with Crippen molar-refractivity contribution in [1.82, 2.24) is 0 Å². The summed E-state index contributed by atoms with van der Waals surface area (Å²) in [4.78, 5) is 0. The van der Waals surface area contributed by atoms with Crippen LogP contribution < -0.4 is 5.32 Å². The summed E-state index contributed by atoms with van der Waals surface area (Å²) in [6.07, 6.45) is 0.838. The molecule has 0 spiro atoms. The van der Waals surface area contributed by atoms with Gasteiger partial charge in [-0.15, -0.1) is 0 Å². The highest BCUT2D eigenvalue weighted by atomic mass is 79.9. The fraction of sp³-hybridized carbons (Fsp3) is 0.143. The predicted octanol–water partition coefficient (Wildman–Crippen LogP) is 4.52. The third kappa shape index (κ3) is 2.08. The van der Waals surface area contributed by atoms with Crippen molar-refractivity contribution in [3.63, 3.8) is 0 Å². The highest BCUT2D eigenvalue weighted by molar-refractivity contribution is 9.10. The number of benzene rings is 2. The van der Waals surface area contributed by atoms with Gasteiger partial charge in [0.25, 0.3) is 0 Å². The second-order valence-electron chi connectivity index (χ2n) is 4.41. The van der Waals surface area contributed by atoms with Crippen LogP contribution in [0.15, 0.2) is 40.9 Å². The normalized spacial score (nSPS) is 17.3. The fourth-order valence-electron chi connectivity index (χ4n) is 2.33. The molecule has 18 heavy (non-hydrogen) atoms. The monoisotopic (exact) mass is 323 g/mol. The predicted molar refractivity (Wildman–Crippen MR) is 77.3 cm³/mol. The van der Waals surface area contributed by atoms with Crippen LogP contribution in [-0.4, -0.2) is 5.11 Å². The summed E-state index contributed by atoms with van der Waals surface area (Å²) in [5.41, 5.74) is 3.19. The fourth-order valence-corrected chi connectivity index (χ4v) is 2.87. The van der Waals surface area contributed by atoms with Crippen LogP contribution >= 0.6 is 27.5 Å². The molecule has 0 aromatic heterocycles. The summed E-state index contributed by atoms with van der Waals surface area (Å²) in [5.74, 6) is 0.306. The molecule has 1 atom stereocenters. The van der Waals surface area contributed by atoms with Gasteiger partial charge in [0.15, 0.2) is 0 Å². The van der Waals surface area contributed by atoms with Crippen LogP contribution in [0.3, 0.4) is 0 Å². The number of fused-ring (bicyclic) bond motifs is 1. The molecule has 0 saturated heterocycles. The molecule has 3 rings (SSSR count). The lowest BCUT2D eigenvalue weighted by Crippen LogP contribution is -2.05. The van der Waals surface area contributed by atoms with E-state index in [4.69, 9.17) is 11.6 Å². The smallest absolute Gasteiger partial charge is 0.121 e. The molecule has 92 valence electrons. The van der Waals surface area contributed by atoms with Crippen molar-refractivity contribution >= 4 is 33.2 Å². The van der Waals surface area contributed by atoms with E-state index in [9.17, 15) is 5.11 Å². The van der Waals surface area contributed by atoms with E-state index in [1.165, 1.54) is 5.56 Å². The second-order valence-corrected chi connectivity index (χ2v) is 5.76. The van der Waals surface area contributed by atoms with Gasteiger partial charge in [0, 0.05) is 20.7 Å².